The van der Waals surface area contributed by atoms with Gasteiger partial charge in [-0.2, -0.15) is 0 Å². The summed E-state index contributed by atoms with van der Waals surface area (Å²) in [6.07, 6.45) is 3.65. The molecule has 2 atom stereocenters. The van der Waals surface area contributed by atoms with Crippen LogP contribution in [0.15, 0.2) is 18.2 Å². The first-order chi connectivity index (χ1) is 8.08. The van der Waals surface area contributed by atoms with Crippen molar-refractivity contribution in [2.45, 2.75) is 38.2 Å². The fraction of sp³-hybridized carbons (Fsp3) is 0.571. The van der Waals surface area contributed by atoms with Crippen LogP contribution in [-0.4, -0.2) is 12.2 Å². The van der Waals surface area contributed by atoms with Gasteiger partial charge in [-0.05, 0) is 30.9 Å². The maximum Gasteiger partial charge on any atom is 0.132 e. The molecule has 17 heavy (non-hydrogen) atoms. The molecule has 2 unspecified atom stereocenters. The van der Waals surface area contributed by atoms with Crippen molar-refractivity contribution in [3.8, 4) is 5.75 Å². The molecule has 1 saturated carbocycles. The molecule has 2 rings (SSSR count). The molecule has 0 saturated heterocycles. The Kier molecular flexibility index (Phi) is 3.38. The van der Waals surface area contributed by atoms with Gasteiger partial charge in [-0.25, -0.2) is 4.39 Å². The summed E-state index contributed by atoms with van der Waals surface area (Å²) in [5.74, 6) is 0.207. The lowest BCUT2D eigenvalue weighted by molar-refractivity contribution is -0.0496. The van der Waals surface area contributed by atoms with Crippen molar-refractivity contribution in [3.05, 3.63) is 29.6 Å². The number of hydrogen-bond donors (Lipinski definition) is 1. The highest BCUT2D eigenvalue weighted by molar-refractivity contribution is 5.33. The average molecular weight is 238 g/mol. The summed E-state index contributed by atoms with van der Waals surface area (Å²) in [5.41, 5.74) is -0.611. The first kappa shape index (κ1) is 12.4. The van der Waals surface area contributed by atoms with Gasteiger partial charge in [-0.3, -0.25) is 0 Å². The van der Waals surface area contributed by atoms with E-state index in [0.717, 1.165) is 19.3 Å². The Morgan fingerprint density at radius 3 is 2.76 bits per heavy atom. The van der Waals surface area contributed by atoms with Gasteiger partial charge in [0.25, 0.3) is 0 Å². The lowest BCUT2D eigenvalue weighted by atomic mass is 9.72. The van der Waals surface area contributed by atoms with Crippen molar-refractivity contribution in [1.29, 1.82) is 0 Å². The number of hydrogen-bond acceptors (Lipinski definition) is 2. The monoisotopic (exact) mass is 238 g/mol. The van der Waals surface area contributed by atoms with Gasteiger partial charge in [0.1, 0.15) is 11.6 Å². The zero-order valence-electron chi connectivity index (χ0n) is 10.4. The van der Waals surface area contributed by atoms with Gasteiger partial charge in [0, 0.05) is 11.6 Å². The number of rotatable bonds is 2. The second-order valence-electron chi connectivity index (χ2n) is 4.92. The number of aliphatic hydroxyl groups is 1. The molecule has 1 N–H and O–H groups in total. The number of benzene rings is 1. The first-order valence-corrected chi connectivity index (χ1v) is 6.14. The van der Waals surface area contributed by atoms with Crippen LogP contribution < -0.4 is 4.74 Å². The van der Waals surface area contributed by atoms with Crippen molar-refractivity contribution in [1.82, 2.24) is 0 Å². The van der Waals surface area contributed by atoms with Crippen LogP contribution in [0.4, 0.5) is 4.39 Å². The molecule has 1 aliphatic rings. The molecular weight excluding hydrogens is 219 g/mol. The third-order valence-corrected chi connectivity index (χ3v) is 3.90. The summed E-state index contributed by atoms with van der Waals surface area (Å²) in [6, 6.07) is 4.70. The van der Waals surface area contributed by atoms with Gasteiger partial charge in [0.05, 0.1) is 12.7 Å². The Morgan fingerprint density at radius 1 is 1.41 bits per heavy atom. The van der Waals surface area contributed by atoms with E-state index in [1.54, 1.807) is 12.1 Å². The SMILES string of the molecule is COc1ccc(C2(O)CCCCC2C)c(F)c1. The van der Waals surface area contributed by atoms with E-state index in [1.165, 1.54) is 13.2 Å². The highest BCUT2D eigenvalue weighted by Crippen LogP contribution is 2.42. The van der Waals surface area contributed by atoms with E-state index >= 15 is 0 Å². The normalized spacial score (nSPS) is 29.1. The standard InChI is InChI=1S/C14H19FO2/c1-10-5-3-4-8-14(10,16)12-7-6-11(17-2)9-13(12)15/h6-7,9-10,16H,3-5,8H2,1-2H3. The van der Waals surface area contributed by atoms with E-state index in [0.29, 0.717) is 17.7 Å². The zero-order valence-corrected chi connectivity index (χ0v) is 10.4. The molecule has 94 valence electrons. The van der Waals surface area contributed by atoms with Crippen molar-refractivity contribution in [2.24, 2.45) is 5.92 Å². The van der Waals surface area contributed by atoms with E-state index in [4.69, 9.17) is 4.74 Å². The Balaban J connectivity index is 2.38. The minimum Gasteiger partial charge on any atom is -0.497 e. The van der Waals surface area contributed by atoms with Gasteiger partial charge in [-0.15, -0.1) is 0 Å². The Hall–Kier alpha value is -1.09. The van der Waals surface area contributed by atoms with Crippen LogP contribution in [0.2, 0.25) is 0 Å². The maximum atomic E-state index is 14.0. The van der Waals surface area contributed by atoms with E-state index in [9.17, 15) is 9.50 Å². The van der Waals surface area contributed by atoms with Crippen molar-refractivity contribution < 1.29 is 14.2 Å². The highest BCUT2D eigenvalue weighted by Gasteiger charge is 2.39. The molecule has 1 aromatic carbocycles. The van der Waals surface area contributed by atoms with Gasteiger partial charge in [0.15, 0.2) is 0 Å². The molecule has 0 radical (unpaired) electrons. The van der Waals surface area contributed by atoms with Crippen LogP contribution in [0.5, 0.6) is 5.75 Å². The van der Waals surface area contributed by atoms with Gasteiger partial charge >= 0.3 is 0 Å². The predicted octanol–water partition coefficient (Wildman–Crippen LogP) is 3.23. The topological polar surface area (TPSA) is 29.5 Å². The van der Waals surface area contributed by atoms with Crippen LogP contribution in [-0.2, 0) is 5.60 Å². The highest BCUT2D eigenvalue weighted by atomic mass is 19.1. The fourth-order valence-corrected chi connectivity index (χ4v) is 2.70. The van der Waals surface area contributed by atoms with Crippen LogP contribution in [0.1, 0.15) is 38.2 Å². The lowest BCUT2D eigenvalue weighted by Gasteiger charge is -2.38. The van der Waals surface area contributed by atoms with E-state index in [-0.39, 0.29) is 11.7 Å². The zero-order chi connectivity index (χ0) is 12.5. The first-order valence-electron chi connectivity index (χ1n) is 6.14. The van der Waals surface area contributed by atoms with E-state index < -0.39 is 5.60 Å². The smallest absolute Gasteiger partial charge is 0.132 e. The third-order valence-electron chi connectivity index (χ3n) is 3.90. The summed E-state index contributed by atoms with van der Waals surface area (Å²) in [7, 11) is 1.51. The average Bonchev–Trinajstić information content (AvgIpc) is 2.32. The van der Waals surface area contributed by atoms with Crippen LogP contribution in [0.25, 0.3) is 0 Å². The molecule has 0 heterocycles. The van der Waals surface area contributed by atoms with E-state index in [1.807, 2.05) is 6.92 Å². The molecule has 1 aromatic rings. The molecule has 1 fully saturated rings. The minimum atomic E-state index is -1.02. The summed E-state index contributed by atoms with van der Waals surface area (Å²) in [5, 5.41) is 10.7. The van der Waals surface area contributed by atoms with Crippen molar-refractivity contribution in [3.63, 3.8) is 0 Å². The molecule has 3 heteroatoms. The molecular formula is C14H19FO2. The summed E-state index contributed by atoms with van der Waals surface area (Å²) in [4.78, 5) is 0. The van der Waals surface area contributed by atoms with Crippen LogP contribution in [0, 0.1) is 11.7 Å². The third kappa shape index (κ3) is 2.16. The van der Waals surface area contributed by atoms with Gasteiger partial charge < -0.3 is 9.84 Å². The molecule has 0 aliphatic heterocycles. The quantitative estimate of drug-likeness (QED) is 0.857. The number of methoxy groups -OCH3 is 1. The number of ether oxygens (including phenoxy) is 1. The predicted molar refractivity (Wildman–Crippen MR) is 64.5 cm³/mol. The Bertz CT molecular complexity index is 405. The summed E-state index contributed by atoms with van der Waals surface area (Å²) >= 11 is 0. The molecule has 0 aromatic heterocycles. The molecule has 0 spiro atoms. The second kappa shape index (κ2) is 4.65. The van der Waals surface area contributed by atoms with E-state index in [2.05, 4.69) is 0 Å². The van der Waals surface area contributed by atoms with Crippen molar-refractivity contribution in [2.75, 3.05) is 7.11 Å². The molecule has 2 nitrogen and oxygen atoms in total. The number of halogens is 1. The Labute approximate surface area is 101 Å². The largest absolute Gasteiger partial charge is 0.497 e. The van der Waals surface area contributed by atoms with Crippen molar-refractivity contribution >= 4 is 0 Å². The summed E-state index contributed by atoms with van der Waals surface area (Å²) in [6.45, 7) is 1.99. The molecule has 0 amide bonds. The lowest BCUT2D eigenvalue weighted by Crippen LogP contribution is -2.37. The van der Waals surface area contributed by atoms with Crippen LogP contribution >= 0.6 is 0 Å². The second-order valence-corrected chi connectivity index (χ2v) is 4.92. The van der Waals surface area contributed by atoms with Crippen LogP contribution in [0.3, 0.4) is 0 Å². The minimum absolute atomic E-state index is 0.0964. The molecule has 0 bridgehead atoms. The molecule has 1 aliphatic carbocycles. The fourth-order valence-electron chi connectivity index (χ4n) is 2.70. The van der Waals surface area contributed by atoms with Gasteiger partial charge in [-0.1, -0.05) is 19.8 Å². The van der Waals surface area contributed by atoms with Gasteiger partial charge in [0.2, 0.25) is 0 Å². The summed E-state index contributed by atoms with van der Waals surface area (Å²) < 4.78 is 19.0. The Morgan fingerprint density at radius 2 is 2.18 bits per heavy atom. The maximum absolute atomic E-state index is 14.0.